The van der Waals surface area contributed by atoms with Crippen LogP contribution in [0.3, 0.4) is 0 Å². The molecule has 2 unspecified atom stereocenters. The molecule has 100 valence electrons. The van der Waals surface area contributed by atoms with Crippen LogP contribution in [0.2, 0.25) is 0 Å². The van der Waals surface area contributed by atoms with Gasteiger partial charge in [-0.25, -0.2) is 0 Å². The number of nitrogens with two attached hydrogens (primary N) is 1. The summed E-state index contributed by atoms with van der Waals surface area (Å²) in [6.45, 7) is 4.47. The first-order chi connectivity index (χ1) is 8.36. The first-order valence-electron chi connectivity index (χ1n) is 7.82. The maximum absolute atomic E-state index is 6.03. The van der Waals surface area contributed by atoms with Crippen LogP contribution in [0.15, 0.2) is 0 Å². The number of hydrogen-bond acceptors (Lipinski definition) is 2. The van der Waals surface area contributed by atoms with Crippen molar-refractivity contribution in [3.05, 3.63) is 0 Å². The van der Waals surface area contributed by atoms with Gasteiger partial charge < -0.3 is 5.73 Å². The third kappa shape index (κ3) is 3.23. The molecule has 0 amide bonds. The van der Waals surface area contributed by atoms with Crippen molar-refractivity contribution in [3.8, 4) is 0 Å². The van der Waals surface area contributed by atoms with E-state index in [0.29, 0.717) is 0 Å². The summed E-state index contributed by atoms with van der Waals surface area (Å²) in [7, 11) is 0. The zero-order valence-electron chi connectivity index (χ0n) is 11.5. The molecule has 2 N–H and O–H groups in total. The van der Waals surface area contributed by atoms with Crippen LogP contribution in [0.4, 0.5) is 0 Å². The minimum absolute atomic E-state index is 0.762. The van der Waals surface area contributed by atoms with Crippen LogP contribution >= 0.6 is 0 Å². The molecule has 2 aliphatic carbocycles. The Morgan fingerprint density at radius 2 is 1.59 bits per heavy atom. The Labute approximate surface area is 107 Å². The van der Waals surface area contributed by atoms with E-state index < -0.39 is 0 Å². The van der Waals surface area contributed by atoms with Gasteiger partial charge >= 0.3 is 0 Å². The Kier molecular flexibility index (Phi) is 5.30. The topological polar surface area (TPSA) is 29.3 Å². The summed E-state index contributed by atoms with van der Waals surface area (Å²) in [5.41, 5.74) is 6.03. The summed E-state index contributed by atoms with van der Waals surface area (Å²) in [5, 5.41) is 0. The second kappa shape index (κ2) is 6.75. The Morgan fingerprint density at radius 1 is 0.941 bits per heavy atom. The van der Waals surface area contributed by atoms with E-state index in [1.165, 1.54) is 64.3 Å². The van der Waals surface area contributed by atoms with Crippen molar-refractivity contribution in [3.63, 3.8) is 0 Å². The molecule has 0 aliphatic heterocycles. The fraction of sp³-hybridized carbons (Fsp3) is 1.00. The average molecular weight is 238 g/mol. The monoisotopic (exact) mass is 238 g/mol. The second-order valence-corrected chi connectivity index (χ2v) is 5.97. The molecule has 0 saturated heterocycles. The smallest absolute Gasteiger partial charge is 0.0138 e. The molecule has 2 nitrogen and oxygen atoms in total. The summed E-state index contributed by atoms with van der Waals surface area (Å²) in [4.78, 5) is 2.82. The summed E-state index contributed by atoms with van der Waals surface area (Å²) in [6.07, 6.45) is 12.8. The molecular formula is C15H30N2. The van der Waals surface area contributed by atoms with Gasteiger partial charge in [0.05, 0.1) is 0 Å². The lowest BCUT2D eigenvalue weighted by Crippen LogP contribution is -2.47. The van der Waals surface area contributed by atoms with Gasteiger partial charge in [-0.15, -0.1) is 0 Å². The molecule has 2 aliphatic rings. The van der Waals surface area contributed by atoms with Crippen molar-refractivity contribution in [2.45, 2.75) is 76.8 Å². The number of rotatable bonds is 4. The molecule has 0 aromatic heterocycles. The molecule has 0 spiro atoms. The maximum atomic E-state index is 6.03. The molecule has 2 saturated carbocycles. The highest BCUT2D eigenvalue weighted by Gasteiger charge is 2.32. The maximum Gasteiger partial charge on any atom is 0.0138 e. The zero-order valence-corrected chi connectivity index (χ0v) is 11.5. The van der Waals surface area contributed by atoms with Crippen molar-refractivity contribution < 1.29 is 0 Å². The molecule has 2 rings (SSSR count). The summed E-state index contributed by atoms with van der Waals surface area (Å²) < 4.78 is 0. The van der Waals surface area contributed by atoms with Gasteiger partial charge in [0.1, 0.15) is 0 Å². The van der Waals surface area contributed by atoms with Gasteiger partial charge in [0, 0.05) is 12.1 Å². The molecule has 0 aromatic carbocycles. The van der Waals surface area contributed by atoms with Gasteiger partial charge in [0.15, 0.2) is 0 Å². The molecule has 0 bridgehead atoms. The molecule has 0 aromatic rings. The minimum Gasteiger partial charge on any atom is -0.330 e. The number of hydrogen-bond donors (Lipinski definition) is 1. The SMILES string of the molecule is CCN(C1CCCC1)C1CCCCCC1CN. The zero-order chi connectivity index (χ0) is 12.1. The predicted octanol–water partition coefficient (Wildman–Crippen LogP) is 3.16. The van der Waals surface area contributed by atoms with Gasteiger partial charge in [-0.05, 0) is 44.7 Å². The van der Waals surface area contributed by atoms with Crippen LogP contribution < -0.4 is 5.73 Å². The third-order valence-corrected chi connectivity index (χ3v) is 5.01. The van der Waals surface area contributed by atoms with Gasteiger partial charge in [0.25, 0.3) is 0 Å². The summed E-state index contributed by atoms with van der Waals surface area (Å²) in [5.74, 6) is 0.762. The lowest BCUT2D eigenvalue weighted by atomic mass is 9.92. The largest absolute Gasteiger partial charge is 0.330 e. The molecule has 17 heavy (non-hydrogen) atoms. The van der Waals surface area contributed by atoms with E-state index in [0.717, 1.165) is 24.5 Å². The highest BCUT2D eigenvalue weighted by molar-refractivity contribution is 4.87. The normalized spacial score (nSPS) is 31.9. The quantitative estimate of drug-likeness (QED) is 0.762. The predicted molar refractivity (Wildman–Crippen MR) is 74.1 cm³/mol. The Balaban J connectivity index is 2.03. The number of nitrogens with zero attached hydrogens (tertiary/aromatic N) is 1. The molecular weight excluding hydrogens is 208 g/mol. The first kappa shape index (κ1) is 13.4. The van der Waals surface area contributed by atoms with Crippen LogP contribution in [0.5, 0.6) is 0 Å². The van der Waals surface area contributed by atoms with Gasteiger partial charge in [-0.2, -0.15) is 0 Å². The fourth-order valence-electron chi connectivity index (χ4n) is 4.08. The van der Waals surface area contributed by atoms with E-state index >= 15 is 0 Å². The molecule has 2 heteroatoms. The van der Waals surface area contributed by atoms with Crippen LogP contribution in [-0.2, 0) is 0 Å². The van der Waals surface area contributed by atoms with Crippen molar-refractivity contribution in [2.75, 3.05) is 13.1 Å². The van der Waals surface area contributed by atoms with Gasteiger partial charge in [0.2, 0.25) is 0 Å². The van der Waals surface area contributed by atoms with E-state index in [9.17, 15) is 0 Å². The Hall–Kier alpha value is -0.0800. The van der Waals surface area contributed by atoms with E-state index in [2.05, 4.69) is 11.8 Å². The van der Waals surface area contributed by atoms with E-state index in [1.807, 2.05) is 0 Å². The van der Waals surface area contributed by atoms with Crippen molar-refractivity contribution in [2.24, 2.45) is 11.7 Å². The molecule has 2 fully saturated rings. The van der Waals surface area contributed by atoms with Gasteiger partial charge in [-0.3, -0.25) is 4.90 Å². The average Bonchev–Trinajstić information content (AvgIpc) is 2.76. The second-order valence-electron chi connectivity index (χ2n) is 5.97. The Morgan fingerprint density at radius 3 is 2.24 bits per heavy atom. The molecule has 2 atom stereocenters. The summed E-state index contributed by atoms with van der Waals surface area (Å²) in [6, 6.07) is 1.66. The van der Waals surface area contributed by atoms with Crippen LogP contribution in [0.25, 0.3) is 0 Å². The van der Waals surface area contributed by atoms with E-state index in [-0.39, 0.29) is 0 Å². The van der Waals surface area contributed by atoms with Crippen LogP contribution in [-0.4, -0.2) is 30.1 Å². The standard InChI is InChI=1S/C15H30N2/c1-2-17(14-9-6-7-10-14)15-11-5-3-4-8-13(15)12-16/h13-15H,2-12,16H2,1H3. The van der Waals surface area contributed by atoms with Crippen molar-refractivity contribution in [1.82, 2.24) is 4.90 Å². The highest BCUT2D eigenvalue weighted by Crippen LogP contribution is 2.32. The fourth-order valence-corrected chi connectivity index (χ4v) is 4.08. The lowest BCUT2D eigenvalue weighted by molar-refractivity contribution is 0.0949. The van der Waals surface area contributed by atoms with E-state index in [1.54, 1.807) is 0 Å². The van der Waals surface area contributed by atoms with Crippen LogP contribution in [0.1, 0.15) is 64.7 Å². The minimum atomic E-state index is 0.762. The molecule has 0 radical (unpaired) electrons. The van der Waals surface area contributed by atoms with Crippen LogP contribution in [0, 0.1) is 5.92 Å². The van der Waals surface area contributed by atoms with Gasteiger partial charge in [-0.1, -0.05) is 39.0 Å². The lowest BCUT2D eigenvalue weighted by Gasteiger charge is -2.39. The third-order valence-electron chi connectivity index (χ3n) is 5.01. The molecule has 0 heterocycles. The summed E-state index contributed by atoms with van der Waals surface area (Å²) >= 11 is 0. The Bertz CT molecular complexity index is 211. The van der Waals surface area contributed by atoms with Crippen molar-refractivity contribution in [1.29, 1.82) is 0 Å². The van der Waals surface area contributed by atoms with Crippen molar-refractivity contribution >= 4 is 0 Å². The highest BCUT2D eigenvalue weighted by atomic mass is 15.2. The first-order valence-corrected chi connectivity index (χ1v) is 7.82. The van der Waals surface area contributed by atoms with E-state index in [4.69, 9.17) is 5.73 Å².